The highest BCUT2D eigenvalue weighted by Gasteiger charge is 2.48. The van der Waals surface area contributed by atoms with E-state index in [0.717, 1.165) is 0 Å². The Morgan fingerprint density at radius 3 is 2.53 bits per heavy atom. The molecule has 1 aromatic carbocycles. The van der Waals surface area contributed by atoms with Crippen LogP contribution in [0.4, 0.5) is 0 Å². The number of hydrogen-bond acceptors (Lipinski definition) is 4. The van der Waals surface area contributed by atoms with Crippen LogP contribution in [0.15, 0.2) is 53.7 Å². The fraction of sp³-hybridized carbons (Fsp3) is 0.133. The van der Waals surface area contributed by atoms with Crippen LogP contribution < -0.4 is 0 Å². The number of nitrogens with zero attached hydrogens (tertiary/aromatic N) is 2. The van der Waals surface area contributed by atoms with Crippen LogP contribution in [0.2, 0.25) is 0 Å². The van der Waals surface area contributed by atoms with Crippen LogP contribution >= 0.6 is 0 Å². The Bertz CT molecular complexity index is 700. The second-order valence-electron chi connectivity index (χ2n) is 4.76. The van der Waals surface area contributed by atoms with Crippen molar-refractivity contribution in [2.75, 3.05) is 0 Å². The Hall–Kier alpha value is -2.49. The topological polar surface area (TPSA) is 49.7 Å². The normalized spacial score (nSPS) is 26.9. The second-order valence-corrected chi connectivity index (χ2v) is 4.76. The van der Waals surface area contributed by atoms with Gasteiger partial charge in [0.15, 0.2) is 11.6 Å². The minimum absolute atomic E-state index is 0.0288. The molecule has 0 spiro atoms. The van der Waals surface area contributed by atoms with Crippen molar-refractivity contribution < 1.29 is 9.59 Å². The maximum Gasteiger partial charge on any atom is 0.190 e. The number of rotatable bonds is 0. The van der Waals surface area contributed by atoms with Crippen molar-refractivity contribution >= 4 is 17.4 Å². The Kier molecular flexibility index (Phi) is 1.93. The summed E-state index contributed by atoms with van der Waals surface area (Å²) in [5.74, 6) is 0.592. The molecule has 19 heavy (non-hydrogen) atoms. The molecule has 4 rings (SSSR count). The van der Waals surface area contributed by atoms with E-state index >= 15 is 0 Å². The molecule has 0 amide bonds. The van der Waals surface area contributed by atoms with Crippen molar-refractivity contribution in [1.82, 2.24) is 4.90 Å². The lowest BCUT2D eigenvalue weighted by molar-refractivity contribution is 0.0806. The molecule has 0 saturated carbocycles. The number of carbonyl (C=O) groups is 2. The molecule has 0 saturated heterocycles. The number of ketones is 2. The number of fused-ring (bicyclic) bond motifs is 4. The molecule has 0 aromatic heterocycles. The van der Waals surface area contributed by atoms with Gasteiger partial charge in [0, 0.05) is 17.3 Å². The van der Waals surface area contributed by atoms with Gasteiger partial charge in [-0.15, -0.1) is 0 Å². The molecule has 2 atom stereocenters. The van der Waals surface area contributed by atoms with E-state index in [-0.39, 0.29) is 11.6 Å². The van der Waals surface area contributed by atoms with Crippen LogP contribution in [-0.2, 0) is 0 Å². The second kappa shape index (κ2) is 3.51. The average molecular weight is 250 g/mol. The fourth-order valence-electron chi connectivity index (χ4n) is 2.86. The molecular weight excluding hydrogens is 240 g/mol. The highest BCUT2D eigenvalue weighted by molar-refractivity contribution is 6.22. The Labute approximate surface area is 109 Å². The SMILES string of the molecule is O=C1c2ccccc2C(=O)[C@H]2[C@@H]1N=C1C=CC=CN12. The maximum atomic E-state index is 12.6. The van der Waals surface area contributed by atoms with E-state index in [2.05, 4.69) is 4.99 Å². The van der Waals surface area contributed by atoms with Gasteiger partial charge in [-0.3, -0.25) is 14.6 Å². The zero-order chi connectivity index (χ0) is 13.0. The van der Waals surface area contributed by atoms with Gasteiger partial charge in [-0.25, -0.2) is 0 Å². The minimum Gasteiger partial charge on any atom is -0.320 e. The maximum absolute atomic E-state index is 12.6. The lowest BCUT2D eigenvalue weighted by atomic mass is 9.83. The van der Waals surface area contributed by atoms with Crippen molar-refractivity contribution in [2.24, 2.45) is 4.99 Å². The van der Waals surface area contributed by atoms with Crippen molar-refractivity contribution in [3.05, 3.63) is 59.8 Å². The molecule has 2 aliphatic heterocycles. The van der Waals surface area contributed by atoms with E-state index in [0.29, 0.717) is 17.0 Å². The van der Waals surface area contributed by atoms with E-state index in [4.69, 9.17) is 0 Å². The molecule has 0 fully saturated rings. The molecule has 2 heterocycles. The van der Waals surface area contributed by atoms with E-state index in [1.807, 2.05) is 24.4 Å². The number of benzene rings is 1. The zero-order valence-electron chi connectivity index (χ0n) is 9.98. The van der Waals surface area contributed by atoms with Crippen molar-refractivity contribution in [1.29, 1.82) is 0 Å². The van der Waals surface area contributed by atoms with E-state index < -0.39 is 12.1 Å². The van der Waals surface area contributed by atoms with Crippen molar-refractivity contribution in [3.8, 4) is 0 Å². The summed E-state index contributed by atoms with van der Waals surface area (Å²) in [6, 6.07) is 5.86. The van der Waals surface area contributed by atoms with Gasteiger partial charge in [0.1, 0.15) is 17.9 Å². The van der Waals surface area contributed by atoms with Crippen molar-refractivity contribution in [2.45, 2.75) is 12.1 Å². The molecule has 4 heteroatoms. The molecule has 3 aliphatic rings. The molecule has 1 aromatic rings. The minimum atomic E-state index is -0.607. The summed E-state index contributed by atoms with van der Waals surface area (Å²) < 4.78 is 0. The summed E-state index contributed by atoms with van der Waals surface area (Å²) in [4.78, 5) is 31.2. The standard InChI is InChI=1S/C15H10N2O2/c18-14-9-5-1-2-6-10(9)15(19)13-12(14)16-11-7-3-4-8-17(11)13/h1-8,12-13H/t12-,13+/m0/s1. The summed E-state index contributed by atoms with van der Waals surface area (Å²) in [6.45, 7) is 0. The van der Waals surface area contributed by atoms with Gasteiger partial charge >= 0.3 is 0 Å². The Morgan fingerprint density at radius 2 is 1.74 bits per heavy atom. The number of carbonyl (C=O) groups excluding carboxylic acids is 2. The molecule has 0 unspecified atom stereocenters. The molecular formula is C15H10N2O2. The lowest BCUT2D eigenvalue weighted by Gasteiger charge is -2.29. The van der Waals surface area contributed by atoms with Gasteiger partial charge in [0.25, 0.3) is 0 Å². The smallest absolute Gasteiger partial charge is 0.190 e. The van der Waals surface area contributed by atoms with E-state index in [9.17, 15) is 9.59 Å². The first-order valence-corrected chi connectivity index (χ1v) is 6.16. The van der Waals surface area contributed by atoms with Crippen LogP contribution in [-0.4, -0.2) is 34.4 Å². The number of allylic oxidation sites excluding steroid dienone is 2. The predicted octanol–water partition coefficient (Wildman–Crippen LogP) is 1.60. The van der Waals surface area contributed by atoms with Crippen LogP contribution in [0, 0.1) is 0 Å². The van der Waals surface area contributed by atoms with Gasteiger partial charge in [-0.05, 0) is 12.2 Å². The Balaban J connectivity index is 1.90. The van der Waals surface area contributed by atoms with Crippen LogP contribution in [0.3, 0.4) is 0 Å². The van der Waals surface area contributed by atoms with Crippen LogP contribution in [0.25, 0.3) is 0 Å². The summed E-state index contributed by atoms with van der Waals surface area (Å²) >= 11 is 0. The number of hydrogen-bond donors (Lipinski definition) is 0. The lowest BCUT2D eigenvalue weighted by Crippen LogP contribution is -2.49. The molecule has 0 N–H and O–H groups in total. The van der Waals surface area contributed by atoms with Gasteiger partial charge in [-0.1, -0.05) is 30.3 Å². The third-order valence-electron chi connectivity index (χ3n) is 3.73. The van der Waals surface area contributed by atoms with Gasteiger partial charge in [0.05, 0.1) is 0 Å². The monoisotopic (exact) mass is 250 g/mol. The highest BCUT2D eigenvalue weighted by Crippen LogP contribution is 2.32. The molecule has 4 nitrogen and oxygen atoms in total. The van der Waals surface area contributed by atoms with E-state index in [1.165, 1.54) is 0 Å². The van der Waals surface area contributed by atoms with Gasteiger partial charge in [0.2, 0.25) is 0 Å². The first kappa shape index (κ1) is 10.4. The summed E-state index contributed by atoms with van der Waals surface area (Å²) in [5.41, 5.74) is 0.999. The van der Waals surface area contributed by atoms with E-state index in [1.54, 1.807) is 29.2 Å². The summed E-state index contributed by atoms with van der Waals surface area (Å²) in [6.07, 6.45) is 7.33. The first-order valence-electron chi connectivity index (χ1n) is 6.16. The molecule has 0 bridgehead atoms. The first-order chi connectivity index (χ1) is 9.27. The quantitative estimate of drug-likeness (QED) is 0.702. The molecule has 0 radical (unpaired) electrons. The Morgan fingerprint density at radius 1 is 1.00 bits per heavy atom. The zero-order valence-corrected chi connectivity index (χ0v) is 9.98. The van der Waals surface area contributed by atoms with Crippen LogP contribution in [0.5, 0.6) is 0 Å². The largest absolute Gasteiger partial charge is 0.320 e. The average Bonchev–Trinajstić information content (AvgIpc) is 2.84. The van der Waals surface area contributed by atoms with Crippen LogP contribution in [0.1, 0.15) is 20.7 Å². The van der Waals surface area contributed by atoms with Crippen molar-refractivity contribution in [3.63, 3.8) is 0 Å². The fourth-order valence-corrected chi connectivity index (χ4v) is 2.86. The van der Waals surface area contributed by atoms with Gasteiger partial charge in [-0.2, -0.15) is 0 Å². The highest BCUT2D eigenvalue weighted by atomic mass is 16.1. The number of amidine groups is 1. The molecule has 92 valence electrons. The third-order valence-corrected chi connectivity index (χ3v) is 3.73. The summed E-state index contributed by atoms with van der Waals surface area (Å²) in [7, 11) is 0. The molecule has 1 aliphatic carbocycles. The predicted molar refractivity (Wildman–Crippen MR) is 70.2 cm³/mol. The van der Waals surface area contributed by atoms with Gasteiger partial charge < -0.3 is 4.90 Å². The third kappa shape index (κ3) is 1.25. The summed E-state index contributed by atoms with van der Waals surface area (Å²) in [5, 5.41) is 0. The number of aliphatic imine (C=N–C) groups is 1. The number of Topliss-reactive ketones (excluding diaryl/α,β-unsaturated/α-hetero) is 2.